The van der Waals surface area contributed by atoms with Crippen LogP contribution < -0.4 is 21.3 Å². The molecule has 0 radical (unpaired) electrons. The topological polar surface area (TPSA) is 105 Å². The van der Waals surface area contributed by atoms with Crippen LogP contribution in [0.1, 0.15) is 38.2 Å². The molecule has 0 spiro atoms. The highest BCUT2D eigenvalue weighted by Gasteiger charge is 2.25. The van der Waals surface area contributed by atoms with Gasteiger partial charge in [0.1, 0.15) is 5.82 Å². The number of pyridine rings is 1. The Morgan fingerprint density at radius 3 is 2.86 bits per heavy atom. The first-order valence-corrected chi connectivity index (χ1v) is 10.3. The van der Waals surface area contributed by atoms with Crippen LogP contribution in [-0.4, -0.2) is 55.7 Å². The maximum absolute atomic E-state index is 11.4. The minimum absolute atomic E-state index is 0.0243. The minimum Gasteiger partial charge on any atom is -0.376 e. The van der Waals surface area contributed by atoms with Gasteiger partial charge < -0.3 is 26.0 Å². The highest BCUT2D eigenvalue weighted by atomic mass is 16.5. The molecule has 3 heterocycles. The van der Waals surface area contributed by atoms with Gasteiger partial charge in [-0.3, -0.25) is 4.79 Å². The van der Waals surface area contributed by atoms with Crippen molar-refractivity contribution in [3.63, 3.8) is 0 Å². The summed E-state index contributed by atoms with van der Waals surface area (Å²) < 4.78 is 5.67. The molecule has 0 aliphatic carbocycles. The fourth-order valence-electron chi connectivity index (χ4n) is 3.74. The third kappa shape index (κ3) is 5.58. The van der Waals surface area contributed by atoms with Crippen LogP contribution in [0.2, 0.25) is 0 Å². The molecule has 1 amide bonds. The Balaban J connectivity index is 1.62. The number of amides is 1. The van der Waals surface area contributed by atoms with E-state index < -0.39 is 0 Å². The molecule has 4 N–H and O–H groups in total. The first kappa shape index (κ1) is 20.4. The fraction of sp³-hybridized carbons (Fsp3) is 0.650. The second kappa shape index (κ2) is 10.3. The molecule has 2 aliphatic rings. The summed E-state index contributed by atoms with van der Waals surface area (Å²) in [6.45, 7) is 6.61. The third-order valence-electron chi connectivity index (χ3n) is 5.34. The lowest BCUT2D eigenvalue weighted by atomic mass is 9.96. The SMILES string of the molecule is CCNC(=NCc1cccnc1N1CCC(C(N)=O)CC1)NCC1CCCO1. The van der Waals surface area contributed by atoms with Crippen LogP contribution in [0.3, 0.4) is 0 Å². The summed E-state index contributed by atoms with van der Waals surface area (Å²) in [4.78, 5) is 23.0. The van der Waals surface area contributed by atoms with Gasteiger partial charge in [-0.1, -0.05) is 6.07 Å². The number of guanidine groups is 1. The number of aliphatic imine (C=N–C) groups is 1. The number of anilines is 1. The number of nitrogens with zero attached hydrogens (tertiary/aromatic N) is 3. The van der Waals surface area contributed by atoms with E-state index >= 15 is 0 Å². The molecule has 1 unspecified atom stereocenters. The number of carbonyl (C=O) groups is 1. The maximum atomic E-state index is 11.4. The normalized spacial score (nSPS) is 21.0. The van der Waals surface area contributed by atoms with E-state index in [9.17, 15) is 4.79 Å². The average Bonchev–Trinajstić information content (AvgIpc) is 3.24. The summed E-state index contributed by atoms with van der Waals surface area (Å²) in [5.74, 6) is 1.52. The summed E-state index contributed by atoms with van der Waals surface area (Å²) in [5.41, 5.74) is 6.53. The second-order valence-electron chi connectivity index (χ2n) is 7.36. The van der Waals surface area contributed by atoms with Crippen LogP contribution >= 0.6 is 0 Å². The van der Waals surface area contributed by atoms with Crippen molar-refractivity contribution in [1.29, 1.82) is 0 Å². The summed E-state index contributed by atoms with van der Waals surface area (Å²) in [6, 6.07) is 4.01. The number of primary amides is 1. The van der Waals surface area contributed by atoms with E-state index in [1.165, 1.54) is 0 Å². The lowest BCUT2D eigenvalue weighted by molar-refractivity contribution is -0.122. The van der Waals surface area contributed by atoms with Gasteiger partial charge in [-0.15, -0.1) is 0 Å². The quantitative estimate of drug-likeness (QED) is 0.476. The van der Waals surface area contributed by atoms with Gasteiger partial charge in [0.05, 0.1) is 12.6 Å². The van der Waals surface area contributed by atoms with Crippen molar-refractivity contribution in [3.8, 4) is 0 Å². The van der Waals surface area contributed by atoms with Crippen molar-refractivity contribution in [2.75, 3.05) is 37.7 Å². The van der Waals surface area contributed by atoms with Crippen LogP contribution in [0.25, 0.3) is 0 Å². The van der Waals surface area contributed by atoms with Crippen molar-refractivity contribution in [3.05, 3.63) is 23.9 Å². The Bertz CT molecular complexity index is 666. The molecule has 3 rings (SSSR count). The van der Waals surface area contributed by atoms with Crippen molar-refractivity contribution < 1.29 is 9.53 Å². The van der Waals surface area contributed by atoms with Gasteiger partial charge in [-0.2, -0.15) is 0 Å². The summed E-state index contributed by atoms with van der Waals surface area (Å²) in [7, 11) is 0. The molecule has 2 fully saturated rings. The number of nitrogens with two attached hydrogens (primary N) is 1. The lowest BCUT2D eigenvalue weighted by Gasteiger charge is -2.32. The lowest BCUT2D eigenvalue weighted by Crippen LogP contribution is -2.41. The van der Waals surface area contributed by atoms with E-state index in [4.69, 9.17) is 15.5 Å². The molecule has 0 bridgehead atoms. The second-order valence-corrected chi connectivity index (χ2v) is 7.36. The predicted octanol–water partition coefficient (Wildman–Crippen LogP) is 1.02. The van der Waals surface area contributed by atoms with Gasteiger partial charge in [-0.05, 0) is 38.7 Å². The first-order chi connectivity index (χ1) is 13.7. The Hall–Kier alpha value is -2.35. The highest BCUT2D eigenvalue weighted by Crippen LogP contribution is 2.24. The predicted molar refractivity (Wildman–Crippen MR) is 110 cm³/mol. The molecule has 1 aromatic rings. The number of hydrogen-bond acceptors (Lipinski definition) is 5. The maximum Gasteiger partial charge on any atom is 0.220 e. The smallest absolute Gasteiger partial charge is 0.220 e. The van der Waals surface area contributed by atoms with E-state index in [-0.39, 0.29) is 17.9 Å². The Morgan fingerprint density at radius 1 is 1.36 bits per heavy atom. The molecule has 0 saturated carbocycles. The first-order valence-electron chi connectivity index (χ1n) is 10.3. The number of carbonyl (C=O) groups excluding carboxylic acids is 1. The van der Waals surface area contributed by atoms with Gasteiger partial charge >= 0.3 is 0 Å². The number of ether oxygens (including phenoxy) is 1. The largest absolute Gasteiger partial charge is 0.376 e. The molecule has 8 heteroatoms. The van der Waals surface area contributed by atoms with Crippen LogP contribution in [0.4, 0.5) is 5.82 Å². The number of rotatable bonds is 7. The van der Waals surface area contributed by atoms with Gasteiger partial charge in [0.2, 0.25) is 5.91 Å². The standard InChI is InChI=1S/C20H32N6O2/c1-2-22-20(25-14-17-6-4-12-28-17)24-13-16-5-3-9-23-19(16)26-10-7-15(8-11-26)18(21)27/h3,5,9,15,17H,2,4,6-8,10-14H2,1H3,(H2,21,27)(H2,22,24,25). The molecule has 2 aliphatic heterocycles. The summed E-state index contributed by atoms with van der Waals surface area (Å²) >= 11 is 0. The van der Waals surface area contributed by atoms with Crippen molar-refractivity contribution >= 4 is 17.7 Å². The summed E-state index contributed by atoms with van der Waals surface area (Å²) in [6.07, 6.45) is 5.86. The molecule has 154 valence electrons. The Kier molecular flexibility index (Phi) is 7.47. The van der Waals surface area contributed by atoms with Crippen LogP contribution in [0.15, 0.2) is 23.3 Å². The average molecular weight is 389 g/mol. The molecule has 2 saturated heterocycles. The van der Waals surface area contributed by atoms with E-state index in [2.05, 4.69) is 33.5 Å². The number of hydrogen-bond donors (Lipinski definition) is 3. The third-order valence-corrected chi connectivity index (χ3v) is 5.34. The van der Waals surface area contributed by atoms with Crippen molar-refractivity contribution in [2.24, 2.45) is 16.6 Å². The van der Waals surface area contributed by atoms with Gasteiger partial charge in [-0.25, -0.2) is 9.98 Å². The number of piperidine rings is 1. The van der Waals surface area contributed by atoms with Crippen LogP contribution in [-0.2, 0) is 16.1 Å². The molecular formula is C20H32N6O2. The number of nitrogens with one attached hydrogen (secondary N) is 2. The number of aromatic nitrogens is 1. The van der Waals surface area contributed by atoms with Crippen LogP contribution in [0.5, 0.6) is 0 Å². The zero-order chi connectivity index (χ0) is 19.8. The fourth-order valence-corrected chi connectivity index (χ4v) is 3.74. The zero-order valence-corrected chi connectivity index (χ0v) is 16.7. The molecule has 1 atom stereocenters. The van der Waals surface area contributed by atoms with Gasteiger partial charge in [0.15, 0.2) is 5.96 Å². The molecular weight excluding hydrogens is 356 g/mol. The highest BCUT2D eigenvalue weighted by molar-refractivity contribution is 5.80. The van der Waals surface area contributed by atoms with Gasteiger partial charge in [0.25, 0.3) is 0 Å². The van der Waals surface area contributed by atoms with Crippen LogP contribution in [0, 0.1) is 5.92 Å². The molecule has 8 nitrogen and oxygen atoms in total. The van der Waals surface area contributed by atoms with Crippen molar-refractivity contribution in [1.82, 2.24) is 15.6 Å². The molecule has 0 aromatic carbocycles. The monoisotopic (exact) mass is 388 g/mol. The van der Waals surface area contributed by atoms with E-state index in [0.29, 0.717) is 6.54 Å². The molecule has 1 aromatic heterocycles. The van der Waals surface area contributed by atoms with E-state index in [1.807, 2.05) is 12.3 Å². The Morgan fingerprint density at radius 2 is 2.18 bits per heavy atom. The molecule has 28 heavy (non-hydrogen) atoms. The summed E-state index contributed by atoms with van der Waals surface area (Å²) in [5, 5.41) is 6.67. The van der Waals surface area contributed by atoms with Gasteiger partial charge in [0, 0.05) is 50.5 Å². The van der Waals surface area contributed by atoms with E-state index in [1.54, 1.807) is 0 Å². The Labute approximate surface area is 166 Å². The van der Waals surface area contributed by atoms with E-state index in [0.717, 1.165) is 75.8 Å². The van der Waals surface area contributed by atoms with Crippen molar-refractivity contribution in [2.45, 2.75) is 45.3 Å². The zero-order valence-electron chi connectivity index (χ0n) is 16.7. The minimum atomic E-state index is -0.196.